The maximum atomic E-state index is 11.7. The lowest BCUT2D eigenvalue weighted by atomic mass is 10.1. The van der Waals surface area contributed by atoms with Gasteiger partial charge >= 0.3 is 5.97 Å². The summed E-state index contributed by atoms with van der Waals surface area (Å²) in [6, 6.07) is 6.62. The van der Waals surface area contributed by atoms with Crippen LogP contribution in [0.1, 0.15) is 15.9 Å². The number of fused-ring (bicyclic) bond motifs is 1. The molecule has 1 aromatic heterocycles. The molecule has 3 aromatic rings. The third kappa shape index (κ3) is 3.22. The highest BCUT2D eigenvalue weighted by Crippen LogP contribution is 2.35. The fourth-order valence-corrected chi connectivity index (χ4v) is 3.10. The van der Waals surface area contributed by atoms with Crippen LogP contribution in [0, 0.1) is 20.6 Å². The molecule has 0 saturated carbocycles. The molecule has 0 fully saturated rings. The Labute approximate surface area is 155 Å². The minimum atomic E-state index is -1.29. The molecule has 0 amide bonds. The fourth-order valence-electron chi connectivity index (χ4n) is 2.45. The van der Waals surface area contributed by atoms with Crippen molar-refractivity contribution in [2.45, 2.75) is 6.92 Å². The molecule has 126 valence electrons. The predicted molar refractivity (Wildman–Crippen MR) is 100 cm³/mol. The smallest absolute Gasteiger partial charge is 0.338 e. The quantitative estimate of drug-likeness (QED) is 0.352. The molecule has 2 aromatic carbocycles. The van der Waals surface area contributed by atoms with Crippen LogP contribution in [0.2, 0.25) is 0 Å². The van der Waals surface area contributed by atoms with Gasteiger partial charge in [-0.25, -0.2) is 9.78 Å². The number of anilines is 2. The van der Waals surface area contributed by atoms with Crippen LogP contribution in [-0.2, 0) is 0 Å². The summed E-state index contributed by atoms with van der Waals surface area (Å²) in [5.41, 5.74) is 1.28. The molecule has 3 rings (SSSR count). The van der Waals surface area contributed by atoms with E-state index in [1.54, 1.807) is 0 Å². The van der Waals surface area contributed by atoms with Crippen molar-refractivity contribution in [1.29, 1.82) is 0 Å². The third-order valence-corrected chi connectivity index (χ3v) is 4.27. The number of nitrogens with zero attached hydrogens (tertiary/aromatic N) is 3. The van der Waals surface area contributed by atoms with Crippen molar-refractivity contribution in [2.24, 2.45) is 0 Å². The molecule has 0 aliphatic carbocycles. The lowest BCUT2D eigenvalue weighted by Crippen LogP contribution is -2.07. The SMILES string of the molecule is Cc1cc(I)ccc1Nc1c(C(=O)O)cc([N+](=O)[O-])c2nccnc12. The number of benzene rings is 2. The van der Waals surface area contributed by atoms with Crippen LogP contribution in [-0.4, -0.2) is 26.0 Å². The van der Waals surface area contributed by atoms with Gasteiger partial charge in [-0.1, -0.05) is 0 Å². The van der Waals surface area contributed by atoms with Gasteiger partial charge in [0.1, 0.15) is 5.52 Å². The summed E-state index contributed by atoms with van der Waals surface area (Å²) in [4.78, 5) is 30.4. The highest BCUT2D eigenvalue weighted by molar-refractivity contribution is 14.1. The molecule has 0 saturated heterocycles. The highest BCUT2D eigenvalue weighted by Gasteiger charge is 2.24. The van der Waals surface area contributed by atoms with Gasteiger partial charge in [-0.3, -0.25) is 15.1 Å². The Balaban J connectivity index is 2.29. The largest absolute Gasteiger partial charge is 0.478 e. The van der Waals surface area contributed by atoms with Crippen LogP contribution in [0.15, 0.2) is 36.7 Å². The van der Waals surface area contributed by atoms with E-state index in [-0.39, 0.29) is 22.3 Å². The molecular weight excluding hydrogens is 439 g/mol. The molecular formula is C16H11IN4O4. The van der Waals surface area contributed by atoms with E-state index in [0.29, 0.717) is 5.69 Å². The molecule has 25 heavy (non-hydrogen) atoms. The zero-order valence-electron chi connectivity index (χ0n) is 12.9. The van der Waals surface area contributed by atoms with Gasteiger partial charge in [0.05, 0.1) is 16.2 Å². The first-order valence-electron chi connectivity index (χ1n) is 7.07. The number of carboxylic acid groups (broad SMARTS) is 1. The van der Waals surface area contributed by atoms with E-state index in [9.17, 15) is 20.0 Å². The van der Waals surface area contributed by atoms with Gasteiger partial charge in [0.2, 0.25) is 0 Å². The summed E-state index contributed by atoms with van der Waals surface area (Å²) < 4.78 is 1.03. The normalized spacial score (nSPS) is 10.6. The van der Waals surface area contributed by atoms with Gasteiger partial charge in [0.25, 0.3) is 5.69 Å². The van der Waals surface area contributed by atoms with Crippen molar-refractivity contribution in [3.63, 3.8) is 0 Å². The number of hydrogen-bond acceptors (Lipinski definition) is 6. The van der Waals surface area contributed by atoms with Gasteiger partial charge < -0.3 is 10.4 Å². The first-order valence-corrected chi connectivity index (χ1v) is 8.15. The monoisotopic (exact) mass is 450 g/mol. The number of halogens is 1. The Morgan fingerprint density at radius 3 is 2.52 bits per heavy atom. The molecule has 0 bridgehead atoms. The Morgan fingerprint density at radius 2 is 1.92 bits per heavy atom. The van der Waals surface area contributed by atoms with Crippen LogP contribution in [0.4, 0.5) is 17.1 Å². The second-order valence-electron chi connectivity index (χ2n) is 5.22. The number of nitro benzene ring substituents is 1. The van der Waals surface area contributed by atoms with Crippen LogP contribution >= 0.6 is 22.6 Å². The van der Waals surface area contributed by atoms with Crippen molar-refractivity contribution >= 4 is 56.7 Å². The average Bonchev–Trinajstić information content (AvgIpc) is 2.56. The number of nitrogens with one attached hydrogen (secondary N) is 1. The zero-order valence-corrected chi connectivity index (χ0v) is 15.0. The summed E-state index contributed by atoms with van der Waals surface area (Å²) in [5.74, 6) is -1.29. The first-order chi connectivity index (χ1) is 11.9. The highest BCUT2D eigenvalue weighted by atomic mass is 127. The van der Waals surface area contributed by atoms with E-state index in [1.807, 2.05) is 25.1 Å². The van der Waals surface area contributed by atoms with E-state index in [1.165, 1.54) is 12.4 Å². The minimum Gasteiger partial charge on any atom is -0.478 e. The standard InChI is InChI=1S/C16H11IN4O4/c1-8-6-9(17)2-3-11(8)20-13-10(16(22)23)7-12(21(24)25)14-15(13)19-5-4-18-14/h2-7,20H,1H3,(H,22,23). The zero-order chi connectivity index (χ0) is 18.1. The summed E-state index contributed by atoms with van der Waals surface area (Å²) >= 11 is 2.18. The molecule has 2 N–H and O–H groups in total. The Morgan fingerprint density at radius 1 is 1.24 bits per heavy atom. The lowest BCUT2D eigenvalue weighted by molar-refractivity contribution is -0.383. The molecule has 8 nitrogen and oxygen atoms in total. The van der Waals surface area contributed by atoms with E-state index >= 15 is 0 Å². The number of aromatic carboxylic acids is 1. The maximum absolute atomic E-state index is 11.7. The van der Waals surface area contributed by atoms with Crippen molar-refractivity contribution in [3.05, 3.63) is 61.5 Å². The number of aromatic nitrogens is 2. The van der Waals surface area contributed by atoms with Crippen molar-refractivity contribution in [2.75, 3.05) is 5.32 Å². The number of rotatable bonds is 4. The van der Waals surface area contributed by atoms with Crippen molar-refractivity contribution in [1.82, 2.24) is 9.97 Å². The second kappa shape index (κ2) is 6.59. The Kier molecular flexibility index (Phi) is 4.49. The maximum Gasteiger partial charge on any atom is 0.338 e. The van der Waals surface area contributed by atoms with Gasteiger partial charge in [0, 0.05) is 27.7 Å². The Hall–Kier alpha value is -2.82. The first kappa shape index (κ1) is 17.0. The number of nitro groups is 1. The van der Waals surface area contributed by atoms with Gasteiger partial charge in [-0.15, -0.1) is 0 Å². The fraction of sp³-hybridized carbons (Fsp3) is 0.0625. The third-order valence-electron chi connectivity index (χ3n) is 3.60. The Bertz CT molecular complexity index is 1020. The molecule has 1 heterocycles. The summed E-state index contributed by atoms with van der Waals surface area (Å²) in [5, 5.41) is 23.8. The molecule has 9 heteroatoms. The van der Waals surface area contributed by atoms with Gasteiger partial charge in [-0.2, -0.15) is 0 Å². The van der Waals surface area contributed by atoms with Gasteiger partial charge in [0.15, 0.2) is 5.52 Å². The van der Waals surface area contributed by atoms with Crippen LogP contribution in [0.3, 0.4) is 0 Å². The predicted octanol–water partition coefficient (Wildman–Crippen LogP) is 3.89. The molecule has 0 atom stereocenters. The van der Waals surface area contributed by atoms with E-state index in [4.69, 9.17) is 0 Å². The molecule has 0 unspecified atom stereocenters. The minimum absolute atomic E-state index is 0.0307. The molecule has 0 spiro atoms. The van der Waals surface area contributed by atoms with Crippen LogP contribution in [0.5, 0.6) is 0 Å². The number of carboxylic acids is 1. The number of hydrogen-bond donors (Lipinski definition) is 2. The summed E-state index contributed by atoms with van der Waals surface area (Å²) in [6.07, 6.45) is 2.69. The summed E-state index contributed by atoms with van der Waals surface area (Å²) in [7, 11) is 0. The summed E-state index contributed by atoms with van der Waals surface area (Å²) in [6.45, 7) is 1.88. The molecule has 0 aliphatic rings. The van der Waals surface area contributed by atoms with Crippen molar-refractivity contribution in [3.8, 4) is 0 Å². The second-order valence-corrected chi connectivity index (χ2v) is 6.46. The van der Waals surface area contributed by atoms with Crippen LogP contribution < -0.4 is 5.32 Å². The molecule has 0 aliphatic heterocycles. The number of carbonyl (C=O) groups is 1. The van der Waals surface area contributed by atoms with E-state index < -0.39 is 16.6 Å². The van der Waals surface area contributed by atoms with E-state index in [0.717, 1.165) is 15.2 Å². The van der Waals surface area contributed by atoms with Gasteiger partial charge in [-0.05, 0) is 53.3 Å². The van der Waals surface area contributed by atoms with E-state index in [2.05, 4.69) is 37.9 Å². The number of aryl methyl sites for hydroxylation is 1. The van der Waals surface area contributed by atoms with Crippen LogP contribution in [0.25, 0.3) is 11.0 Å². The molecule has 0 radical (unpaired) electrons. The topological polar surface area (TPSA) is 118 Å². The number of non-ortho nitro benzene ring substituents is 1. The van der Waals surface area contributed by atoms with Crippen molar-refractivity contribution < 1.29 is 14.8 Å². The average molecular weight is 450 g/mol. The lowest BCUT2D eigenvalue weighted by Gasteiger charge is -2.14.